The number of hydrogen-bond donors (Lipinski definition) is 1. The molecule has 1 aromatic heterocycles. The van der Waals surface area contributed by atoms with E-state index < -0.39 is 0 Å². The van der Waals surface area contributed by atoms with E-state index in [2.05, 4.69) is 15.3 Å². The molecule has 92 valence electrons. The normalized spacial score (nSPS) is 10.1. The average Bonchev–Trinajstić information content (AvgIpc) is 2.38. The molecule has 0 saturated carbocycles. The van der Waals surface area contributed by atoms with Gasteiger partial charge in [-0.15, -0.1) is 0 Å². The monoisotopic (exact) mass is 261 g/mol. The minimum absolute atomic E-state index is 0.201. The standard InChI is InChI=1S/C13H12ClN3O/c1-9-11(7-15-8-17-9)13(18)16-6-10-4-2-3-5-12(10)14/h2-5,7-8H,6H2,1H3,(H,16,18). The maximum Gasteiger partial charge on any atom is 0.254 e. The predicted octanol–water partition coefficient (Wildman–Crippen LogP) is 2.37. The van der Waals surface area contributed by atoms with Crippen LogP contribution < -0.4 is 5.32 Å². The van der Waals surface area contributed by atoms with Crippen molar-refractivity contribution < 1.29 is 4.79 Å². The molecule has 0 radical (unpaired) electrons. The molecule has 0 aliphatic rings. The van der Waals surface area contributed by atoms with Gasteiger partial charge >= 0.3 is 0 Å². The second-order valence-corrected chi connectivity index (χ2v) is 4.20. The number of nitrogens with one attached hydrogen (secondary N) is 1. The Balaban J connectivity index is 2.06. The van der Waals surface area contributed by atoms with Crippen molar-refractivity contribution in [2.75, 3.05) is 0 Å². The minimum Gasteiger partial charge on any atom is -0.348 e. The summed E-state index contributed by atoms with van der Waals surface area (Å²) >= 11 is 6.01. The summed E-state index contributed by atoms with van der Waals surface area (Å²) in [4.78, 5) is 19.7. The average molecular weight is 262 g/mol. The molecule has 1 aromatic carbocycles. The quantitative estimate of drug-likeness (QED) is 0.923. The van der Waals surface area contributed by atoms with E-state index in [0.29, 0.717) is 22.8 Å². The van der Waals surface area contributed by atoms with Gasteiger partial charge in [-0.1, -0.05) is 29.8 Å². The Kier molecular flexibility index (Phi) is 3.89. The third kappa shape index (κ3) is 2.84. The van der Waals surface area contributed by atoms with E-state index in [1.165, 1.54) is 12.5 Å². The van der Waals surface area contributed by atoms with Crippen molar-refractivity contribution in [1.29, 1.82) is 0 Å². The molecular formula is C13H12ClN3O. The van der Waals surface area contributed by atoms with Crippen LogP contribution in [0.4, 0.5) is 0 Å². The molecule has 0 aliphatic carbocycles. The van der Waals surface area contributed by atoms with E-state index in [4.69, 9.17) is 11.6 Å². The minimum atomic E-state index is -0.201. The highest BCUT2D eigenvalue weighted by molar-refractivity contribution is 6.31. The Labute approximate surface area is 110 Å². The van der Waals surface area contributed by atoms with E-state index in [1.807, 2.05) is 18.2 Å². The summed E-state index contributed by atoms with van der Waals surface area (Å²) in [6.45, 7) is 2.15. The fraction of sp³-hybridized carbons (Fsp3) is 0.154. The molecule has 0 spiro atoms. The lowest BCUT2D eigenvalue weighted by Crippen LogP contribution is -2.24. The van der Waals surface area contributed by atoms with Gasteiger partial charge in [0.05, 0.1) is 11.3 Å². The van der Waals surface area contributed by atoms with Crippen molar-refractivity contribution in [3.05, 3.63) is 58.6 Å². The first-order chi connectivity index (χ1) is 8.68. The van der Waals surface area contributed by atoms with Gasteiger partial charge in [0, 0.05) is 17.8 Å². The zero-order chi connectivity index (χ0) is 13.0. The molecule has 0 fully saturated rings. The van der Waals surface area contributed by atoms with Crippen LogP contribution in [0, 0.1) is 6.92 Å². The molecular weight excluding hydrogens is 250 g/mol. The summed E-state index contributed by atoms with van der Waals surface area (Å²) in [5.41, 5.74) is 2.01. The van der Waals surface area contributed by atoms with Crippen LogP contribution >= 0.6 is 11.6 Å². The van der Waals surface area contributed by atoms with Crippen molar-refractivity contribution in [2.45, 2.75) is 13.5 Å². The largest absolute Gasteiger partial charge is 0.348 e. The summed E-state index contributed by atoms with van der Waals surface area (Å²) in [5, 5.41) is 3.43. The van der Waals surface area contributed by atoms with E-state index in [-0.39, 0.29) is 5.91 Å². The number of aryl methyl sites for hydroxylation is 1. The third-order valence-corrected chi connectivity index (χ3v) is 2.92. The number of benzene rings is 1. The molecule has 2 aromatic rings. The zero-order valence-corrected chi connectivity index (χ0v) is 10.6. The number of carbonyl (C=O) groups is 1. The number of hydrogen-bond acceptors (Lipinski definition) is 3. The molecule has 5 heteroatoms. The Morgan fingerprint density at radius 1 is 1.39 bits per heavy atom. The SMILES string of the molecule is Cc1ncncc1C(=O)NCc1ccccc1Cl. The molecule has 0 unspecified atom stereocenters. The summed E-state index contributed by atoms with van der Waals surface area (Å²) in [5.74, 6) is -0.201. The highest BCUT2D eigenvalue weighted by Gasteiger charge is 2.09. The van der Waals surface area contributed by atoms with E-state index in [1.54, 1.807) is 13.0 Å². The van der Waals surface area contributed by atoms with Crippen molar-refractivity contribution in [2.24, 2.45) is 0 Å². The van der Waals surface area contributed by atoms with Crippen LogP contribution in [-0.2, 0) is 6.54 Å². The van der Waals surface area contributed by atoms with Crippen molar-refractivity contribution >= 4 is 17.5 Å². The molecule has 1 heterocycles. The summed E-state index contributed by atoms with van der Waals surface area (Å²) in [6.07, 6.45) is 2.92. The van der Waals surface area contributed by atoms with Crippen LogP contribution in [0.15, 0.2) is 36.8 Å². The topological polar surface area (TPSA) is 54.9 Å². The van der Waals surface area contributed by atoms with Crippen molar-refractivity contribution in [3.63, 3.8) is 0 Å². The maximum atomic E-state index is 11.9. The Morgan fingerprint density at radius 2 is 2.17 bits per heavy atom. The number of halogens is 1. The maximum absolute atomic E-state index is 11.9. The molecule has 0 atom stereocenters. The zero-order valence-electron chi connectivity index (χ0n) is 9.85. The van der Waals surface area contributed by atoms with Crippen molar-refractivity contribution in [1.82, 2.24) is 15.3 Å². The molecule has 0 saturated heterocycles. The molecule has 18 heavy (non-hydrogen) atoms. The van der Waals surface area contributed by atoms with Gasteiger partial charge in [0.25, 0.3) is 5.91 Å². The molecule has 2 rings (SSSR count). The van der Waals surface area contributed by atoms with Gasteiger partial charge in [0.1, 0.15) is 6.33 Å². The van der Waals surface area contributed by atoms with E-state index in [0.717, 1.165) is 5.56 Å². The van der Waals surface area contributed by atoms with Gasteiger partial charge in [-0.3, -0.25) is 4.79 Å². The predicted molar refractivity (Wildman–Crippen MR) is 69.4 cm³/mol. The number of rotatable bonds is 3. The van der Waals surface area contributed by atoms with E-state index in [9.17, 15) is 4.79 Å². The van der Waals surface area contributed by atoms with Crippen LogP contribution in [0.1, 0.15) is 21.6 Å². The highest BCUT2D eigenvalue weighted by atomic mass is 35.5. The number of aromatic nitrogens is 2. The Hall–Kier alpha value is -1.94. The van der Waals surface area contributed by atoms with Gasteiger partial charge in [-0.05, 0) is 18.6 Å². The Morgan fingerprint density at radius 3 is 2.89 bits per heavy atom. The highest BCUT2D eigenvalue weighted by Crippen LogP contribution is 2.14. The molecule has 0 aliphatic heterocycles. The lowest BCUT2D eigenvalue weighted by molar-refractivity contribution is 0.0949. The van der Waals surface area contributed by atoms with Gasteiger partial charge in [0.2, 0.25) is 0 Å². The first kappa shape index (κ1) is 12.5. The lowest BCUT2D eigenvalue weighted by Gasteiger charge is -2.07. The van der Waals surface area contributed by atoms with Crippen molar-refractivity contribution in [3.8, 4) is 0 Å². The van der Waals surface area contributed by atoms with Crippen LogP contribution in [0.3, 0.4) is 0 Å². The van der Waals surface area contributed by atoms with Crippen LogP contribution in [-0.4, -0.2) is 15.9 Å². The van der Waals surface area contributed by atoms with Gasteiger partial charge in [0.15, 0.2) is 0 Å². The molecule has 1 amide bonds. The summed E-state index contributed by atoms with van der Waals surface area (Å²) < 4.78 is 0. The van der Waals surface area contributed by atoms with Gasteiger partial charge < -0.3 is 5.32 Å². The fourth-order valence-electron chi connectivity index (χ4n) is 1.53. The van der Waals surface area contributed by atoms with Gasteiger partial charge in [-0.2, -0.15) is 0 Å². The summed E-state index contributed by atoms with van der Waals surface area (Å²) in [6, 6.07) is 7.39. The Bertz CT molecular complexity index is 572. The fourth-order valence-corrected chi connectivity index (χ4v) is 1.73. The second-order valence-electron chi connectivity index (χ2n) is 3.80. The number of nitrogens with zero attached hydrogens (tertiary/aromatic N) is 2. The smallest absolute Gasteiger partial charge is 0.254 e. The molecule has 4 nitrogen and oxygen atoms in total. The summed E-state index contributed by atoms with van der Waals surface area (Å²) in [7, 11) is 0. The second kappa shape index (κ2) is 5.60. The molecule has 0 bridgehead atoms. The van der Waals surface area contributed by atoms with Gasteiger partial charge in [-0.25, -0.2) is 9.97 Å². The van der Waals surface area contributed by atoms with Crippen LogP contribution in [0.5, 0.6) is 0 Å². The first-order valence-electron chi connectivity index (χ1n) is 5.46. The molecule has 1 N–H and O–H groups in total. The first-order valence-corrected chi connectivity index (χ1v) is 5.84. The van der Waals surface area contributed by atoms with Crippen LogP contribution in [0.2, 0.25) is 5.02 Å². The number of amides is 1. The number of carbonyl (C=O) groups excluding carboxylic acids is 1. The van der Waals surface area contributed by atoms with E-state index >= 15 is 0 Å². The third-order valence-electron chi connectivity index (χ3n) is 2.55. The van der Waals surface area contributed by atoms with Crippen LogP contribution in [0.25, 0.3) is 0 Å². The lowest BCUT2D eigenvalue weighted by atomic mass is 10.2.